The molecule has 2 aromatic rings. The summed E-state index contributed by atoms with van der Waals surface area (Å²) in [7, 11) is 2.12. The van der Waals surface area contributed by atoms with Crippen molar-refractivity contribution in [1.29, 1.82) is 0 Å². The van der Waals surface area contributed by atoms with Gasteiger partial charge in [-0.25, -0.2) is 4.85 Å². The Morgan fingerprint density at radius 1 is 1.24 bits per heavy atom. The predicted molar refractivity (Wildman–Crippen MR) is 117 cm³/mol. The summed E-state index contributed by atoms with van der Waals surface area (Å²) in [5.41, 5.74) is 4.79. The summed E-state index contributed by atoms with van der Waals surface area (Å²) >= 11 is 6.21. The molecule has 4 rings (SSSR count). The van der Waals surface area contributed by atoms with Gasteiger partial charge in [0.15, 0.2) is 0 Å². The van der Waals surface area contributed by atoms with Crippen molar-refractivity contribution >= 4 is 28.9 Å². The first-order valence-corrected chi connectivity index (χ1v) is 10.4. The molecule has 0 aromatic heterocycles. The van der Waals surface area contributed by atoms with Crippen molar-refractivity contribution in [1.82, 2.24) is 10.2 Å². The summed E-state index contributed by atoms with van der Waals surface area (Å²) in [6.45, 7) is 12.0. The number of likely N-dealkylation sites (N-methyl/N-ethyl adjacent to an activating group) is 1. The van der Waals surface area contributed by atoms with Gasteiger partial charge in [0.1, 0.15) is 0 Å². The second-order valence-electron chi connectivity index (χ2n) is 8.13. The highest BCUT2D eigenvalue weighted by molar-refractivity contribution is 6.33. The third-order valence-corrected chi connectivity index (χ3v) is 6.27. The van der Waals surface area contributed by atoms with Crippen LogP contribution in [0.4, 0.5) is 11.4 Å². The Kier molecular flexibility index (Phi) is 5.49. The van der Waals surface area contributed by atoms with Crippen LogP contribution >= 0.6 is 11.6 Å². The third-order valence-electron chi connectivity index (χ3n) is 5.96. The Labute approximate surface area is 177 Å². The van der Waals surface area contributed by atoms with Gasteiger partial charge in [-0.05, 0) is 62.2 Å². The fourth-order valence-corrected chi connectivity index (χ4v) is 4.58. The monoisotopic (exact) mass is 408 g/mol. The first-order valence-electron chi connectivity index (χ1n) is 9.99. The van der Waals surface area contributed by atoms with E-state index in [1.54, 1.807) is 6.07 Å². The van der Waals surface area contributed by atoms with Gasteiger partial charge >= 0.3 is 0 Å². The second kappa shape index (κ2) is 8.06. The molecule has 1 N–H and O–H groups in total. The van der Waals surface area contributed by atoms with Gasteiger partial charge in [-0.1, -0.05) is 23.7 Å². The number of benzene rings is 2. The molecule has 2 atom stereocenters. The van der Waals surface area contributed by atoms with E-state index in [9.17, 15) is 4.79 Å². The quantitative estimate of drug-likeness (QED) is 0.771. The second-order valence-corrected chi connectivity index (χ2v) is 8.53. The molecule has 5 nitrogen and oxygen atoms in total. The van der Waals surface area contributed by atoms with E-state index in [2.05, 4.69) is 46.1 Å². The molecular formula is C23H25ClN4O. The fraction of sp³-hybridized carbons (Fsp3) is 0.391. The molecule has 0 unspecified atom stereocenters. The van der Waals surface area contributed by atoms with Crippen molar-refractivity contribution in [3.05, 3.63) is 69.5 Å². The Balaban J connectivity index is 1.43. The van der Waals surface area contributed by atoms with Gasteiger partial charge in [-0.3, -0.25) is 4.79 Å². The first-order chi connectivity index (χ1) is 13.9. The van der Waals surface area contributed by atoms with Crippen LogP contribution in [0.3, 0.4) is 0 Å². The first kappa shape index (κ1) is 19.8. The third kappa shape index (κ3) is 4.10. The Morgan fingerprint density at radius 2 is 2.07 bits per heavy atom. The van der Waals surface area contributed by atoms with E-state index < -0.39 is 0 Å². The average molecular weight is 409 g/mol. The van der Waals surface area contributed by atoms with Crippen molar-refractivity contribution in [3.63, 3.8) is 0 Å². The number of carbonyl (C=O) groups excluding carboxylic acids is 1. The molecule has 0 bridgehead atoms. The molecular weight excluding hydrogens is 384 g/mol. The summed E-state index contributed by atoms with van der Waals surface area (Å²) < 4.78 is 0. The zero-order valence-electron chi connectivity index (χ0n) is 16.8. The summed E-state index contributed by atoms with van der Waals surface area (Å²) in [6.07, 6.45) is 1.87. The SMILES string of the molecule is [C-]#[N+]c1ccc(N2C[C@H](NC(=O)c3ccc4c(c3)CCN(C)C4)C[C@@H]2C)cc1Cl. The molecule has 0 saturated carbocycles. The van der Waals surface area contributed by atoms with E-state index in [1.807, 2.05) is 18.2 Å². The van der Waals surface area contributed by atoms with Gasteiger partial charge < -0.3 is 15.1 Å². The molecule has 1 amide bonds. The number of rotatable bonds is 3. The summed E-state index contributed by atoms with van der Waals surface area (Å²) in [6, 6.07) is 12.0. The Hall–Kier alpha value is -2.55. The minimum atomic E-state index is -0.00726. The molecule has 0 spiro atoms. The number of carbonyl (C=O) groups is 1. The minimum Gasteiger partial charge on any atom is -0.367 e. The van der Waals surface area contributed by atoms with E-state index in [0.29, 0.717) is 10.7 Å². The maximum atomic E-state index is 12.8. The summed E-state index contributed by atoms with van der Waals surface area (Å²) in [5.74, 6) is -0.00726. The highest BCUT2D eigenvalue weighted by atomic mass is 35.5. The van der Waals surface area contributed by atoms with Crippen LogP contribution in [0, 0.1) is 6.57 Å². The smallest absolute Gasteiger partial charge is 0.251 e. The van der Waals surface area contributed by atoms with Crippen LogP contribution in [0.15, 0.2) is 36.4 Å². The number of hydrogen-bond acceptors (Lipinski definition) is 3. The molecule has 1 fully saturated rings. The Morgan fingerprint density at radius 3 is 2.83 bits per heavy atom. The van der Waals surface area contributed by atoms with Crippen LogP contribution in [0.25, 0.3) is 4.85 Å². The van der Waals surface area contributed by atoms with E-state index in [1.165, 1.54) is 11.1 Å². The number of halogens is 1. The molecule has 2 aromatic carbocycles. The van der Waals surface area contributed by atoms with Crippen LogP contribution in [0.5, 0.6) is 0 Å². The molecule has 2 aliphatic rings. The van der Waals surface area contributed by atoms with E-state index >= 15 is 0 Å². The lowest BCUT2D eigenvalue weighted by Crippen LogP contribution is -2.37. The van der Waals surface area contributed by atoms with Crippen LogP contribution in [0.2, 0.25) is 5.02 Å². The van der Waals surface area contributed by atoms with Gasteiger partial charge in [-0.15, -0.1) is 0 Å². The van der Waals surface area contributed by atoms with Crippen molar-refractivity contribution < 1.29 is 4.79 Å². The van der Waals surface area contributed by atoms with E-state index in [-0.39, 0.29) is 18.0 Å². The van der Waals surface area contributed by atoms with Gasteiger partial charge in [0.2, 0.25) is 5.69 Å². The molecule has 2 heterocycles. The largest absolute Gasteiger partial charge is 0.367 e. The molecule has 0 radical (unpaired) electrons. The normalized spacial score (nSPS) is 21.5. The maximum absolute atomic E-state index is 12.8. The molecule has 2 aliphatic heterocycles. The molecule has 1 saturated heterocycles. The van der Waals surface area contributed by atoms with Crippen molar-refractivity contribution in [2.75, 3.05) is 25.0 Å². The summed E-state index contributed by atoms with van der Waals surface area (Å²) in [4.78, 5) is 20.8. The molecule has 29 heavy (non-hydrogen) atoms. The van der Waals surface area contributed by atoms with Crippen molar-refractivity contribution in [2.24, 2.45) is 0 Å². The van der Waals surface area contributed by atoms with Crippen molar-refractivity contribution in [3.8, 4) is 0 Å². The number of anilines is 1. The number of hydrogen-bond donors (Lipinski definition) is 1. The summed E-state index contributed by atoms with van der Waals surface area (Å²) in [5, 5.41) is 3.67. The molecule has 6 heteroatoms. The van der Waals surface area contributed by atoms with Crippen LogP contribution in [-0.4, -0.2) is 43.0 Å². The van der Waals surface area contributed by atoms with E-state index in [0.717, 1.165) is 43.7 Å². The van der Waals surface area contributed by atoms with Crippen LogP contribution in [0.1, 0.15) is 34.8 Å². The van der Waals surface area contributed by atoms with Gasteiger partial charge in [0.05, 0.1) is 6.57 Å². The topological polar surface area (TPSA) is 39.9 Å². The number of nitrogens with one attached hydrogen (secondary N) is 1. The number of fused-ring (bicyclic) bond motifs is 1. The van der Waals surface area contributed by atoms with Crippen LogP contribution in [-0.2, 0) is 13.0 Å². The van der Waals surface area contributed by atoms with Gasteiger partial charge in [-0.2, -0.15) is 0 Å². The lowest BCUT2D eigenvalue weighted by molar-refractivity contribution is 0.0940. The highest BCUT2D eigenvalue weighted by Gasteiger charge is 2.31. The highest BCUT2D eigenvalue weighted by Crippen LogP contribution is 2.33. The molecule has 0 aliphatic carbocycles. The minimum absolute atomic E-state index is 0.00726. The fourth-order valence-electron chi connectivity index (χ4n) is 4.36. The van der Waals surface area contributed by atoms with E-state index in [4.69, 9.17) is 18.2 Å². The average Bonchev–Trinajstić information content (AvgIpc) is 3.07. The zero-order valence-corrected chi connectivity index (χ0v) is 17.5. The number of nitrogens with zero attached hydrogens (tertiary/aromatic N) is 3. The molecule has 150 valence electrons. The van der Waals surface area contributed by atoms with Gasteiger partial charge in [0, 0.05) is 48.0 Å². The van der Waals surface area contributed by atoms with Gasteiger partial charge in [0.25, 0.3) is 5.91 Å². The van der Waals surface area contributed by atoms with Crippen LogP contribution < -0.4 is 10.2 Å². The predicted octanol–water partition coefficient (Wildman–Crippen LogP) is 4.28. The number of amides is 1. The lowest BCUT2D eigenvalue weighted by atomic mass is 9.97. The maximum Gasteiger partial charge on any atom is 0.251 e. The lowest BCUT2D eigenvalue weighted by Gasteiger charge is -2.25. The van der Waals surface area contributed by atoms with Crippen molar-refractivity contribution in [2.45, 2.75) is 38.4 Å². The zero-order chi connectivity index (χ0) is 20.5. The standard InChI is InChI=1S/C23H25ClN4O/c1-15-10-19(14-28(15)20-6-7-22(25-2)21(24)12-20)26-23(29)17-4-5-18-13-27(3)9-8-16(18)11-17/h4-7,11-12,15,19H,8-10,13-14H2,1,3H3,(H,26,29)/t15-,19+/m0/s1. The Bertz CT molecular complexity index is 983.